The maximum atomic E-state index is 12.8. The zero-order valence-corrected chi connectivity index (χ0v) is 38.6. The van der Waals surface area contributed by atoms with Crippen molar-refractivity contribution >= 4 is 34.6 Å². The Bertz CT molecular complexity index is 1670. The molecule has 3 aromatic rings. The lowest BCUT2D eigenvalue weighted by molar-refractivity contribution is -0.122. The molecule has 0 fully saturated rings. The highest BCUT2D eigenvalue weighted by Crippen LogP contribution is 2.15. The van der Waals surface area contributed by atoms with E-state index in [4.69, 9.17) is 15.2 Å². The van der Waals surface area contributed by atoms with Crippen LogP contribution in [0.1, 0.15) is 197 Å². The number of carbonyl (C=O) groups excluding carboxylic acids is 2. The number of carbonyl (C=O) groups is 2. The van der Waals surface area contributed by atoms with Gasteiger partial charge in [0.05, 0.1) is 31.1 Å². The summed E-state index contributed by atoms with van der Waals surface area (Å²) < 4.78 is 12.3. The molecule has 0 bridgehead atoms. The number of nitrogens with zero attached hydrogens (tertiary/aromatic N) is 3. The van der Waals surface area contributed by atoms with Crippen molar-refractivity contribution in [1.29, 1.82) is 0 Å². The molecular weight excluding hydrogens is 781 g/mol. The van der Waals surface area contributed by atoms with Gasteiger partial charge in [-0.15, -0.1) is 0 Å². The minimum Gasteiger partial charge on any atom is -0.379 e. The first-order valence-electron chi connectivity index (χ1n) is 24.5. The van der Waals surface area contributed by atoms with Gasteiger partial charge in [-0.3, -0.25) is 19.4 Å². The predicted molar refractivity (Wildman–Crippen MR) is 253 cm³/mol. The first-order chi connectivity index (χ1) is 30.4. The summed E-state index contributed by atoms with van der Waals surface area (Å²) in [6.45, 7) is 7.54. The highest BCUT2D eigenvalue weighted by atomic mass is 16.5. The molecule has 2 aromatic heterocycles. The minimum atomic E-state index is -0.447. The third-order valence-corrected chi connectivity index (χ3v) is 11.3. The Morgan fingerprint density at radius 3 is 1.82 bits per heavy atom. The SMILES string of the molecule is CCCCCCCCCCCCCCOCC(CNC(=O)CCCNC(=O)c1ccc(NCc2cnc3nc(N)[nH]c(=O)c3n2)cc1)OCCCCCCCCCCCCCC. The summed E-state index contributed by atoms with van der Waals surface area (Å²) in [5.41, 5.74) is 7.27. The molecule has 6 N–H and O–H groups in total. The number of ether oxygens (including phenoxy) is 2. The average Bonchev–Trinajstić information content (AvgIpc) is 3.27. The van der Waals surface area contributed by atoms with E-state index in [0.717, 1.165) is 25.1 Å². The second-order valence-electron chi connectivity index (χ2n) is 16.9. The van der Waals surface area contributed by atoms with Gasteiger partial charge >= 0.3 is 0 Å². The number of amides is 2. The third-order valence-electron chi connectivity index (χ3n) is 11.3. The summed E-state index contributed by atoms with van der Waals surface area (Å²) >= 11 is 0. The van der Waals surface area contributed by atoms with E-state index in [1.54, 1.807) is 24.3 Å². The quantitative estimate of drug-likeness (QED) is 0.0346. The fourth-order valence-electron chi connectivity index (χ4n) is 7.48. The van der Waals surface area contributed by atoms with E-state index in [0.29, 0.717) is 56.9 Å². The van der Waals surface area contributed by atoms with Crippen LogP contribution in [0.25, 0.3) is 11.2 Å². The lowest BCUT2D eigenvalue weighted by atomic mass is 10.1. The van der Waals surface area contributed by atoms with Crippen molar-refractivity contribution in [2.45, 2.75) is 193 Å². The molecule has 1 aromatic carbocycles. The molecule has 348 valence electrons. The highest BCUT2D eigenvalue weighted by Gasteiger charge is 2.13. The lowest BCUT2D eigenvalue weighted by Crippen LogP contribution is -2.37. The van der Waals surface area contributed by atoms with E-state index in [-0.39, 0.29) is 35.0 Å². The van der Waals surface area contributed by atoms with Crippen LogP contribution in [-0.4, -0.2) is 70.8 Å². The van der Waals surface area contributed by atoms with E-state index in [1.165, 1.54) is 147 Å². The lowest BCUT2D eigenvalue weighted by Gasteiger charge is -2.19. The minimum absolute atomic E-state index is 0.0110. The molecule has 0 saturated heterocycles. The van der Waals surface area contributed by atoms with E-state index < -0.39 is 5.56 Å². The number of nitrogens with two attached hydrogens (primary N) is 1. The Balaban J connectivity index is 1.29. The van der Waals surface area contributed by atoms with Crippen LogP contribution < -0.4 is 27.2 Å². The van der Waals surface area contributed by atoms with Gasteiger partial charge in [-0.25, -0.2) is 9.97 Å². The average molecular weight is 863 g/mol. The number of unbranched alkanes of at least 4 members (excludes halogenated alkanes) is 22. The molecule has 0 aliphatic carbocycles. The molecule has 0 spiro atoms. The van der Waals surface area contributed by atoms with Gasteiger partial charge in [0.25, 0.3) is 11.5 Å². The first kappa shape index (κ1) is 52.2. The van der Waals surface area contributed by atoms with Crippen molar-refractivity contribution in [2.75, 3.05) is 44.0 Å². The van der Waals surface area contributed by atoms with Gasteiger partial charge in [-0.05, 0) is 43.5 Å². The topological polar surface area (TPSA) is 186 Å². The molecule has 0 aliphatic heterocycles. The molecule has 1 unspecified atom stereocenters. The molecule has 3 rings (SSSR count). The second kappa shape index (κ2) is 34.4. The van der Waals surface area contributed by atoms with Gasteiger partial charge < -0.3 is 31.2 Å². The normalized spacial score (nSPS) is 11.8. The van der Waals surface area contributed by atoms with Crippen LogP contribution >= 0.6 is 0 Å². The molecule has 2 amide bonds. The maximum Gasteiger partial charge on any atom is 0.280 e. The molecular formula is C49H82N8O5. The number of hydrogen-bond donors (Lipinski definition) is 5. The Morgan fingerprint density at radius 1 is 0.694 bits per heavy atom. The van der Waals surface area contributed by atoms with Crippen molar-refractivity contribution in [3.8, 4) is 0 Å². The number of aromatic nitrogens is 4. The molecule has 13 heteroatoms. The Kier molecular flexibility index (Phi) is 29.0. The number of nitrogen functional groups attached to an aromatic ring is 1. The van der Waals surface area contributed by atoms with E-state index in [2.05, 4.69) is 49.7 Å². The highest BCUT2D eigenvalue weighted by molar-refractivity contribution is 5.94. The van der Waals surface area contributed by atoms with Gasteiger partial charge in [0.2, 0.25) is 11.9 Å². The fraction of sp³-hybridized carbons (Fsp3) is 0.714. The Morgan fingerprint density at radius 2 is 1.24 bits per heavy atom. The standard InChI is InChI=1S/C49H82N8O5/c1-3-5-7-9-11-13-15-17-19-21-23-25-34-61-39-43(62-35-26-24-22-20-18-16-14-12-10-8-6-4-2)38-53-44(58)28-27-33-51-47(59)40-29-31-41(32-30-40)52-36-42-37-54-46-45(55-42)48(60)57-49(50)56-46/h29-32,37,43,52H,3-28,33-36,38-39H2,1-2H3,(H,51,59)(H,53,58)(H3,50,54,56,57,60). The van der Waals surface area contributed by atoms with Crippen LogP contribution in [0.4, 0.5) is 11.6 Å². The summed E-state index contributed by atoms with van der Waals surface area (Å²) in [6.07, 6.45) is 33.6. The molecule has 62 heavy (non-hydrogen) atoms. The smallest absolute Gasteiger partial charge is 0.280 e. The second-order valence-corrected chi connectivity index (χ2v) is 16.9. The number of benzene rings is 1. The van der Waals surface area contributed by atoms with Gasteiger partial charge in [0.15, 0.2) is 11.2 Å². The monoisotopic (exact) mass is 863 g/mol. The van der Waals surface area contributed by atoms with Crippen LogP contribution in [0.2, 0.25) is 0 Å². The summed E-state index contributed by atoms with van der Waals surface area (Å²) in [4.78, 5) is 52.7. The van der Waals surface area contributed by atoms with Crippen molar-refractivity contribution in [3.63, 3.8) is 0 Å². The molecule has 13 nitrogen and oxygen atoms in total. The zero-order valence-electron chi connectivity index (χ0n) is 38.6. The number of H-pyrrole nitrogens is 1. The predicted octanol–water partition coefficient (Wildman–Crippen LogP) is 10.3. The summed E-state index contributed by atoms with van der Waals surface area (Å²) in [5.74, 6) is -0.279. The van der Waals surface area contributed by atoms with E-state index in [1.807, 2.05) is 0 Å². The van der Waals surface area contributed by atoms with Crippen LogP contribution in [0.5, 0.6) is 0 Å². The number of hydrogen-bond acceptors (Lipinski definition) is 10. The largest absolute Gasteiger partial charge is 0.379 e. The molecule has 0 radical (unpaired) electrons. The van der Waals surface area contributed by atoms with E-state index >= 15 is 0 Å². The van der Waals surface area contributed by atoms with Crippen LogP contribution in [-0.2, 0) is 20.8 Å². The van der Waals surface area contributed by atoms with Gasteiger partial charge in [-0.1, -0.05) is 155 Å². The molecule has 0 aliphatic rings. The molecule has 1 atom stereocenters. The summed E-state index contributed by atoms with van der Waals surface area (Å²) in [5, 5.41) is 9.18. The molecule has 2 heterocycles. The number of nitrogens with one attached hydrogen (secondary N) is 4. The number of anilines is 2. The summed E-state index contributed by atoms with van der Waals surface area (Å²) in [6, 6.07) is 7.05. The van der Waals surface area contributed by atoms with E-state index in [9.17, 15) is 14.4 Å². The van der Waals surface area contributed by atoms with Crippen molar-refractivity contribution < 1.29 is 19.1 Å². The van der Waals surface area contributed by atoms with Crippen molar-refractivity contribution in [1.82, 2.24) is 30.6 Å². The summed E-state index contributed by atoms with van der Waals surface area (Å²) in [7, 11) is 0. The van der Waals surface area contributed by atoms with Crippen molar-refractivity contribution in [3.05, 3.63) is 52.1 Å². The maximum absolute atomic E-state index is 12.8. The number of fused-ring (bicyclic) bond motifs is 1. The van der Waals surface area contributed by atoms with Crippen molar-refractivity contribution in [2.24, 2.45) is 0 Å². The Labute approximate surface area is 372 Å². The third kappa shape index (κ3) is 24.5. The fourth-order valence-corrected chi connectivity index (χ4v) is 7.48. The van der Waals surface area contributed by atoms with Crippen LogP contribution in [0.3, 0.4) is 0 Å². The van der Waals surface area contributed by atoms with Gasteiger partial charge in [0, 0.05) is 44.0 Å². The number of rotatable bonds is 39. The van der Waals surface area contributed by atoms with Gasteiger partial charge in [0.1, 0.15) is 0 Å². The first-order valence-corrected chi connectivity index (χ1v) is 24.5. The van der Waals surface area contributed by atoms with Gasteiger partial charge in [-0.2, -0.15) is 4.98 Å². The van der Waals surface area contributed by atoms with Crippen LogP contribution in [0.15, 0.2) is 35.3 Å². The number of aromatic amines is 1. The molecule has 0 saturated carbocycles. The van der Waals surface area contributed by atoms with Crippen LogP contribution in [0, 0.1) is 0 Å². The zero-order chi connectivity index (χ0) is 44.3. The Hall–Kier alpha value is -4.10.